The molecule has 0 spiro atoms. The average Bonchev–Trinajstić information content (AvgIpc) is 3.01. The minimum atomic E-state index is -1.36. The molecule has 1 fully saturated rings. The Morgan fingerprint density at radius 1 is 0.653 bits per heavy atom. The number of nitrogens with one attached hydrogen (secondary N) is 1. The lowest BCUT2D eigenvalue weighted by Gasteiger charge is -2.44. The second-order valence-corrected chi connectivity index (χ2v) is 13.7. The summed E-state index contributed by atoms with van der Waals surface area (Å²) in [6.07, 6.45) is 13.0. The fraction of sp³-hybridized carbons (Fsp3) is 0.829. The molecule has 49 heavy (non-hydrogen) atoms. The molecular weight excluding hydrogens is 658 g/mol. The van der Waals surface area contributed by atoms with Gasteiger partial charge in [0.05, 0.1) is 0 Å². The molecule has 2 N–H and O–H groups in total. The van der Waals surface area contributed by atoms with Gasteiger partial charge in [-0.1, -0.05) is 96.8 Å². The van der Waals surface area contributed by atoms with Crippen molar-refractivity contribution in [1.82, 2.24) is 5.32 Å². The van der Waals surface area contributed by atoms with E-state index in [0.717, 1.165) is 51.8 Å². The molecule has 1 heterocycles. The van der Waals surface area contributed by atoms with E-state index in [9.17, 15) is 33.9 Å². The third-order valence-electron chi connectivity index (χ3n) is 8.02. The van der Waals surface area contributed by atoms with Crippen molar-refractivity contribution < 1.29 is 57.6 Å². The molecule has 0 aliphatic carbocycles. The van der Waals surface area contributed by atoms with Crippen molar-refractivity contribution in [3.63, 3.8) is 0 Å². The van der Waals surface area contributed by atoms with E-state index in [2.05, 4.69) is 12.2 Å². The maximum atomic E-state index is 12.6. The van der Waals surface area contributed by atoms with E-state index < -0.39 is 78.3 Å². The molecule has 0 aromatic rings. The van der Waals surface area contributed by atoms with Crippen molar-refractivity contribution in [1.29, 1.82) is 0 Å². The first-order valence-electron chi connectivity index (χ1n) is 17.8. The number of amides is 1. The molecule has 1 aliphatic rings. The summed E-state index contributed by atoms with van der Waals surface area (Å²) >= 11 is 0.898. The maximum absolute atomic E-state index is 12.6. The van der Waals surface area contributed by atoms with Gasteiger partial charge in [-0.25, -0.2) is 4.79 Å². The van der Waals surface area contributed by atoms with Crippen LogP contribution in [0.4, 0.5) is 0 Å². The minimum absolute atomic E-state index is 0.186. The highest BCUT2D eigenvalue weighted by Gasteiger charge is 2.52. The van der Waals surface area contributed by atoms with E-state index in [1.165, 1.54) is 77.6 Å². The summed E-state index contributed by atoms with van der Waals surface area (Å²) in [4.78, 5) is 72.2. The largest absolute Gasteiger partial charge is 0.480 e. The van der Waals surface area contributed by atoms with Gasteiger partial charge >= 0.3 is 29.8 Å². The number of aliphatic carboxylic acids is 1. The van der Waals surface area contributed by atoms with E-state index in [1.807, 2.05) is 0 Å². The highest BCUT2D eigenvalue weighted by Crippen LogP contribution is 2.34. The summed E-state index contributed by atoms with van der Waals surface area (Å²) in [6.45, 7) is 6.36. The van der Waals surface area contributed by atoms with Crippen molar-refractivity contribution in [2.75, 3.05) is 12.4 Å². The van der Waals surface area contributed by atoms with E-state index in [-0.39, 0.29) is 12.2 Å². The minimum Gasteiger partial charge on any atom is -0.480 e. The van der Waals surface area contributed by atoms with E-state index in [1.54, 1.807) is 0 Å². The number of carbonyl (C=O) groups is 6. The third kappa shape index (κ3) is 20.4. The fourth-order valence-electron chi connectivity index (χ4n) is 5.61. The van der Waals surface area contributed by atoms with Gasteiger partial charge in [0.15, 0.2) is 18.3 Å². The van der Waals surface area contributed by atoms with Gasteiger partial charge in [0, 0.05) is 39.9 Å². The summed E-state index contributed by atoms with van der Waals surface area (Å²) in [5.74, 6) is -4.81. The summed E-state index contributed by atoms with van der Waals surface area (Å²) in [7, 11) is 0. The van der Waals surface area contributed by atoms with Gasteiger partial charge in [0.25, 0.3) is 0 Å². The number of carboxylic acids is 1. The Labute approximate surface area is 295 Å². The molecule has 0 aromatic heterocycles. The predicted octanol–water partition coefficient (Wildman–Crippen LogP) is 5.63. The molecule has 0 radical (unpaired) electrons. The first-order chi connectivity index (χ1) is 23.3. The topological polar surface area (TPSA) is 181 Å². The van der Waals surface area contributed by atoms with Crippen LogP contribution in [0.2, 0.25) is 0 Å². The second kappa shape index (κ2) is 26.0. The highest BCUT2D eigenvalue weighted by atomic mass is 32.2. The van der Waals surface area contributed by atoms with Gasteiger partial charge in [-0.2, -0.15) is 0 Å². The number of carbonyl (C=O) groups excluding carboxylic acids is 5. The number of unbranched alkanes of at least 4 members (excludes halogenated alkanes) is 14. The van der Waals surface area contributed by atoms with Crippen LogP contribution in [0.3, 0.4) is 0 Å². The van der Waals surface area contributed by atoms with Crippen LogP contribution in [-0.2, 0) is 52.5 Å². The van der Waals surface area contributed by atoms with Gasteiger partial charge in [0.1, 0.15) is 24.2 Å². The first-order valence-corrected chi connectivity index (χ1v) is 18.8. The van der Waals surface area contributed by atoms with Crippen molar-refractivity contribution in [2.45, 2.75) is 173 Å². The van der Waals surface area contributed by atoms with Crippen LogP contribution >= 0.6 is 11.8 Å². The van der Waals surface area contributed by atoms with E-state index in [0.29, 0.717) is 6.42 Å². The van der Waals surface area contributed by atoms with Crippen LogP contribution < -0.4 is 5.32 Å². The molecule has 282 valence electrons. The lowest BCUT2D eigenvalue weighted by Crippen LogP contribution is -2.61. The van der Waals surface area contributed by atoms with Crippen LogP contribution in [0, 0.1) is 0 Å². The van der Waals surface area contributed by atoms with Crippen LogP contribution in [-0.4, -0.2) is 89.1 Å². The summed E-state index contributed by atoms with van der Waals surface area (Å²) in [5, 5.41) is 12.4. The maximum Gasteiger partial charge on any atom is 0.327 e. The highest BCUT2D eigenvalue weighted by molar-refractivity contribution is 7.99. The molecule has 13 nitrogen and oxygen atoms in total. The number of rotatable bonds is 26. The van der Waals surface area contributed by atoms with Crippen LogP contribution in [0.1, 0.15) is 137 Å². The Bertz CT molecular complexity index is 1020. The van der Waals surface area contributed by atoms with E-state index in [4.69, 9.17) is 23.7 Å². The molecule has 0 saturated carbocycles. The summed E-state index contributed by atoms with van der Waals surface area (Å²) in [5.41, 5.74) is -1.14. The number of hydrogen-bond donors (Lipinski definition) is 2. The van der Waals surface area contributed by atoms with Gasteiger partial charge in [-0.3, -0.25) is 24.0 Å². The number of ether oxygens (including phenoxy) is 5. The number of hydrogen-bond acceptors (Lipinski definition) is 12. The van der Waals surface area contributed by atoms with Crippen molar-refractivity contribution in [3.05, 3.63) is 0 Å². The Morgan fingerprint density at radius 3 is 1.55 bits per heavy atom. The molecule has 1 saturated heterocycles. The number of esters is 4. The normalized spacial score (nSPS) is 20.9. The fourth-order valence-corrected chi connectivity index (χ4v) is 6.84. The molecule has 1 aliphatic heterocycles. The average molecular weight is 718 g/mol. The predicted molar refractivity (Wildman–Crippen MR) is 184 cm³/mol. The molecule has 1 rings (SSSR count). The zero-order chi connectivity index (χ0) is 36.6. The standard InChI is InChI=1S/C35H59NO12S/c1-6-7-8-9-10-11-12-13-14-15-16-17-18-19-20-21-30(41)36-28(34(42)43)23-49-35-33(47-27(5)40)32(46-26(4)39)31(45-25(3)38)29(48-35)22-44-24(2)37/h28-29,31-33,35H,6-23H2,1-5H3,(H,36,41)(H,42,43)/t28?,29-,31+,32+,33-,35+/m1/s1. The Balaban J connectivity index is 2.63. The van der Waals surface area contributed by atoms with Gasteiger partial charge in [-0.05, 0) is 6.42 Å². The van der Waals surface area contributed by atoms with Crippen molar-refractivity contribution in [3.8, 4) is 0 Å². The van der Waals surface area contributed by atoms with E-state index >= 15 is 0 Å². The molecule has 1 amide bonds. The first kappa shape index (κ1) is 44.2. The molecule has 1 unspecified atom stereocenters. The van der Waals surface area contributed by atoms with Gasteiger partial charge < -0.3 is 34.1 Å². The summed E-state index contributed by atoms with van der Waals surface area (Å²) < 4.78 is 27.2. The Hall–Kier alpha value is -2.87. The quantitative estimate of drug-likeness (QED) is 0.0639. The number of thioether (sulfide) groups is 1. The lowest BCUT2D eigenvalue weighted by molar-refractivity contribution is -0.237. The molecule has 6 atom stereocenters. The zero-order valence-corrected chi connectivity index (χ0v) is 30.9. The third-order valence-corrected chi connectivity index (χ3v) is 9.25. The van der Waals surface area contributed by atoms with Gasteiger partial charge in [-0.15, -0.1) is 11.8 Å². The van der Waals surface area contributed by atoms with Crippen LogP contribution in [0.5, 0.6) is 0 Å². The SMILES string of the molecule is CCCCCCCCCCCCCCCCCC(=O)NC(CS[C@@H]1O[C@H](COC(C)=O)[C@H](OC(C)=O)[C@H](OC(C)=O)[C@H]1OC(C)=O)C(=O)O. The summed E-state index contributed by atoms with van der Waals surface area (Å²) in [6, 6.07) is -1.30. The number of carboxylic acid groups (broad SMARTS) is 1. The van der Waals surface area contributed by atoms with Crippen LogP contribution in [0.15, 0.2) is 0 Å². The Morgan fingerprint density at radius 2 is 1.10 bits per heavy atom. The van der Waals surface area contributed by atoms with Gasteiger partial charge in [0.2, 0.25) is 5.91 Å². The molecule has 0 aromatic carbocycles. The second-order valence-electron chi connectivity index (χ2n) is 12.6. The van der Waals surface area contributed by atoms with Crippen molar-refractivity contribution in [2.24, 2.45) is 0 Å². The molecule has 14 heteroatoms. The smallest absolute Gasteiger partial charge is 0.327 e. The monoisotopic (exact) mass is 717 g/mol. The Kier molecular flexibility index (Phi) is 23.4. The lowest BCUT2D eigenvalue weighted by atomic mass is 9.99. The molecular formula is C35H59NO12S. The van der Waals surface area contributed by atoms with Crippen molar-refractivity contribution >= 4 is 47.5 Å². The molecule has 0 bridgehead atoms. The zero-order valence-electron chi connectivity index (χ0n) is 30.0. The van der Waals surface area contributed by atoms with Crippen LogP contribution in [0.25, 0.3) is 0 Å².